The van der Waals surface area contributed by atoms with Crippen LogP contribution in [0.3, 0.4) is 0 Å². The minimum Gasteiger partial charge on any atom is -0.508 e. The molecule has 0 fully saturated rings. The van der Waals surface area contributed by atoms with Gasteiger partial charge in [0.15, 0.2) is 11.6 Å². The summed E-state index contributed by atoms with van der Waals surface area (Å²) < 4.78 is 19.0. The Balaban J connectivity index is 2.10. The molecule has 2 aromatic rings. The van der Waals surface area contributed by atoms with E-state index in [9.17, 15) is 9.50 Å². The van der Waals surface area contributed by atoms with Gasteiger partial charge in [-0.25, -0.2) is 4.39 Å². The molecule has 4 heteroatoms. The number of rotatable bonds is 3. The zero-order valence-electron chi connectivity index (χ0n) is 10.8. The number of hydrogen-bond acceptors (Lipinski definition) is 3. The first-order valence-electron chi connectivity index (χ1n) is 6.08. The van der Waals surface area contributed by atoms with Crippen LogP contribution in [0.4, 0.5) is 4.39 Å². The van der Waals surface area contributed by atoms with E-state index in [2.05, 4.69) is 11.8 Å². The molecule has 20 heavy (non-hydrogen) atoms. The molecule has 0 atom stereocenters. The van der Waals surface area contributed by atoms with Gasteiger partial charge in [0.05, 0.1) is 6.54 Å². The Morgan fingerprint density at radius 3 is 2.60 bits per heavy atom. The Morgan fingerprint density at radius 2 is 1.90 bits per heavy atom. The predicted molar refractivity (Wildman–Crippen MR) is 74.8 cm³/mol. The van der Waals surface area contributed by atoms with Gasteiger partial charge in [0.1, 0.15) is 12.4 Å². The summed E-state index contributed by atoms with van der Waals surface area (Å²) in [7, 11) is 0. The van der Waals surface area contributed by atoms with Gasteiger partial charge in [0.2, 0.25) is 0 Å². The molecule has 0 saturated carbocycles. The van der Waals surface area contributed by atoms with Crippen LogP contribution in [-0.2, 0) is 6.61 Å². The molecule has 2 aromatic carbocycles. The molecule has 0 aromatic heterocycles. The van der Waals surface area contributed by atoms with Crippen molar-refractivity contribution in [2.45, 2.75) is 6.61 Å². The molecule has 102 valence electrons. The SMILES string of the molecule is NCC#Cc1ccc(F)c(OCc2ccc(O)cc2)c1. The van der Waals surface area contributed by atoms with Gasteiger partial charge in [0.25, 0.3) is 0 Å². The number of nitrogens with two attached hydrogens (primary N) is 1. The highest BCUT2D eigenvalue weighted by Gasteiger charge is 2.04. The zero-order chi connectivity index (χ0) is 14.4. The van der Waals surface area contributed by atoms with Gasteiger partial charge in [-0.3, -0.25) is 0 Å². The van der Waals surface area contributed by atoms with Crippen LogP contribution in [0.5, 0.6) is 11.5 Å². The van der Waals surface area contributed by atoms with Crippen LogP contribution in [0.1, 0.15) is 11.1 Å². The summed E-state index contributed by atoms with van der Waals surface area (Å²) in [6.07, 6.45) is 0. The Bertz CT molecular complexity index is 642. The van der Waals surface area contributed by atoms with Crippen LogP contribution in [0.15, 0.2) is 42.5 Å². The largest absolute Gasteiger partial charge is 0.508 e. The van der Waals surface area contributed by atoms with E-state index < -0.39 is 5.82 Å². The van der Waals surface area contributed by atoms with Crippen LogP contribution >= 0.6 is 0 Å². The van der Waals surface area contributed by atoms with Crippen LogP contribution in [0.25, 0.3) is 0 Å². The normalized spacial score (nSPS) is 9.70. The standard InChI is InChI=1S/C16H14FNO2/c17-15-8-5-12(2-1-9-18)10-16(15)20-11-13-3-6-14(19)7-4-13/h3-8,10,19H,9,11,18H2. The third kappa shape index (κ3) is 3.74. The lowest BCUT2D eigenvalue weighted by Gasteiger charge is -2.08. The molecule has 0 unspecified atom stereocenters. The minimum atomic E-state index is -0.443. The number of phenolic OH excluding ortho intramolecular Hbond substituents is 1. The van der Waals surface area contributed by atoms with E-state index in [1.54, 1.807) is 36.4 Å². The molecular weight excluding hydrogens is 257 g/mol. The molecule has 0 heterocycles. The van der Waals surface area contributed by atoms with Gasteiger partial charge in [0, 0.05) is 5.56 Å². The number of ether oxygens (including phenoxy) is 1. The molecule has 0 amide bonds. The third-order valence-electron chi connectivity index (χ3n) is 2.60. The fourth-order valence-electron chi connectivity index (χ4n) is 1.60. The Labute approximate surface area is 116 Å². The summed E-state index contributed by atoms with van der Waals surface area (Å²) in [6, 6.07) is 11.0. The molecule has 0 aliphatic heterocycles. The van der Waals surface area contributed by atoms with Crippen molar-refractivity contribution >= 4 is 0 Å². The van der Waals surface area contributed by atoms with Crippen molar-refractivity contribution in [2.75, 3.05) is 6.54 Å². The lowest BCUT2D eigenvalue weighted by atomic mass is 10.2. The fraction of sp³-hybridized carbons (Fsp3) is 0.125. The van der Waals surface area contributed by atoms with Crippen molar-refractivity contribution in [3.05, 3.63) is 59.4 Å². The first-order valence-corrected chi connectivity index (χ1v) is 6.08. The number of benzene rings is 2. The maximum absolute atomic E-state index is 13.6. The second-order valence-corrected chi connectivity index (χ2v) is 4.11. The van der Waals surface area contributed by atoms with Crippen molar-refractivity contribution in [1.29, 1.82) is 0 Å². The molecule has 0 radical (unpaired) electrons. The average molecular weight is 271 g/mol. The lowest BCUT2D eigenvalue weighted by molar-refractivity contribution is 0.290. The molecule has 0 bridgehead atoms. The summed E-state index contributed by atoms with van der Waals surface area (Å²) in [5, 5.41) is 9.18. The van der Waals surface area contributed by atoms with E-state index in [-0.39, 0.29) is 24.7 Å². The number of hydrogen-bond donors (Lipinski definition) is 2. The molecule has 0 aliphatic carbocycles. The summed E-state index contributed by atoms with van der Waals surface area (Å²) in [5.41, 5.74) is 6.78. The summed E-state index contributed by atoms with van der Waals surface area (Å²) in [6.45, 7) is 0.464. The number of halogens is 1. The highest BCUT2D eigenvalue weighted by Crippen LogP contribution is 2.20. The van der Waals surface area contributed by atoms with Gasteiger partial charge in [-0.2, -0.15) is 0 Å². The van der Waals surface area contributed by atoms with E-state index in [0.717, 1.165) is 5.56 Å². The Kier molecular flexibility index (Phi) is 4.59. The summed E-state index contributed by atoms with van der Waals surface area (Å²) >= 11 is 0. The first kappa shape index (κ1) is 13.9. The predicted octanol–water partition coefficient (Wildman–Crippen LogP) is 2.42. The van der Waals surface area contributed by atoms with Gasteiger partial charge >= 0.3 is 0 Å². The van der Waals surface area contributed by atoms with Crippen LogP contribution in [-0.4, -0.2) is 11.7 Å². The Morgan fingerprint density at radius 1 is 1.15 bits per heavy atom. The minimum absolute atomic E-state index is 0.141. The summed E-state index contributed by atoms with van der Waals surface area (Å²) in [4.78, 5) is 0. The van der Waals surface area contributed by atoms with E-state index in [4.69, 9.17) is 10.5 Å². The van der Waals surface area contributed by atoms with Gasteiger partial charge in [-0.15, -0.1) is 0 Å². The first-order chi connectivity index (χ1) is 9.69. The van der Waals surface area contributed by atoms with E-state index in [1.807, 2.05) is 0 Å². The van der Waals surface area contributed by atoms with Crippen molar-refractivity contribution in [2.24, 2.45) is 5.73 Å². The summed E-state index contributed by atoms with van der Waals surface area (Å²) in [5.74, 6) is 5.40. The van der Waals surface area contributed by atoms with Crippen LogP contribution in [0, 0.1) is 17.7 Å². The van der Waals surface area contributed by atoms with E-state index in [1.165, 1.54) is 6.07 Å². The molecule has 0 spiro atoms. The number of phenols is 1. The monoisotopic (exact) mass is 271 g/mol. The van der Waals surface area contributed by atoms with E-state index >= 15 is 0 Å². The zero-order valence-corrected chi connectivity index (χ0v) is 10.8. The molecular formula is C16H14FNO2. The maximum atomic E-state index is 13.6. The smallest absolute Gasteiger partial charge is 0.165 e. The number of aromatic hydroxyl groups is 1. The van der Waals surface area contributed by atoms with Gasteiger partial charge < -0.3 is 15.6 Å². The van der Waals surface area contributed by atoms with Gasteiger partial charge in [-0.1, -0.05) is 24.0 Å². The second-order valence-electron chi connectivity index (χ2n) is 4.11. The molecule has 0 saturated heterocycles. The molecule has 3 nitrogen and oxygen atoms in total. The maximum Gasteiger partial charge on any atom is 0.165 e. The van der Waals surface area contributed by atoms with Gasteiger partial charge in [-0.05, 0) is 35.9 Å². The Hall–Kier alpha value is -2.51. The topological polar surface area (TPSA) is 55.5 Å². The van der Waals surface area contributed by atoms with Crippen molar-refractivity contribution in [3.8, 4) is 23.3 Å². The molecule has 2 rings (SSSR count). The quantitative estimate of drug-likeness (QED) is 0.843. The third-order valence-corrected chi connectivity index (χ3v) is 2.60. The highest BCUT2D eigenvalue weighted by atomic mass is 19.1. The van der Waals surface area contributed by atoms with Crippen molar-refractivity contribution < 1.29 is 14.2 Å². The lowest BCUT2D eigenvalue weighted by Crippen LogP contribution is -1.98. The van der Waals surface area contributed by atoms with Crippen LogP contribution in [0.2, 0.25) is 0 Å². The highest BCUT2D eigenvalue weighted by molar-refractivity contribution is 5.41. The molecule has 3 N–H and O–H groups in total. The average Bonchev–Trinajstić information content (AvgIpc) is 2.46. The second kappa shape index (κ2) is 6.60. The fourth-order valence-corrected chi connectivity index (χ4v) is 1.60. The van der Waals surface area contributed by atoms with Crippen molar-refractivity contribution in [3.63, 3.8) is 0 Å². The van der Waals surface area contributed by atoms with Crippen LogP contribution < -0.4 is 10.5 Å². The van der Waals surface area contributed by atoms with Crippen molar-refractivity contribution in [1.82, 2.24) is 0 Å². The molecule has 0 aliphatic rings. The van der Waals surface area contributed by atoms with E-state index in [0.29, 0.717) is 5.56 Å².